The van der Waals surface area contributed by atoms with Crippen LogP contribution in [0, 0.1) is 6.92 Å². The van der Waals surface area contributed by atoms with E-state index in [1.54, 1.807) is 0 Å². The van der Waals surface area contributed by atoms with E-state index in [9.17, 15) is 9.59 Å². The Hall–Kier alpha value is -2.22. The molecule has 3 saturated heterocycles. The Morgan fingerprint density at radius 2 is 1.71 bits per heavy atom. The van der Waals surface area contributed by atoms with Crippen molar-refractivity contribution in [2.45, 2.75) is 45.1 Å². The van der Waals surface area contributed by atoms with Crippen LogP contribution in [0.25, 0.3) is 0 Å². The fourth-order valence-electron chi connectivity index (χ4n) is 4.21. The second kappa shape index (κ2) is 8.43. The minimum Gasteiger partial charge on any atom is -0.368 e. The number of amides is 2. The van der Waals surface area contributed by atoms with Gasteiger partial charge in [0.15, 0.2) is 0 Å². The molecular formula is C20H29N5O3. The number of aryl methyl sites for hydroxylation is 1. The van der Waals surface area contributed by atoms with Crippen LogP contribution in [-0.4, -0.2) is 83.6 Å². The van der Waals surface area contributed by atoms with Crippen molar-refractivity contribution in [3.05, 3.63) is 17.6 Å². The van der Waals surface area contributed by atoms with Crippen LogP contribution in [0.15, 0.2) is 6.07 Å². The molecule has 8 heteroatoms. The standard InChI is InChI=1S/C20H29N5O3/c1-15-21-16(19(26)24-7-3-2-4-8-24)14-18(22-15)23-9-11-25(12-10-23)20(27)17-6-5-13-28-17/h14,17H,2-13H2,1H3/t17-/m0/s1. The predicted octanol–water partition coefficient (Wildman–Crippen LogP) is 1.24. The summed E-state index contributed by atoms with van der Waals surface area (Å²) in [5, 5.41) is 0. The Bertz CT molecular complexity index is 721. The normalized spacial score (nSPS) is 23.2. The van der Waals surface area contributed by atoms with E-state index in [2.05, 4.69) is 14.9 Å². The van der Waals surface area contributed by atoms with Crippen molar-refractivity contribution in [2.75, 3.05) is 50.8 Å². The fourth-order valence-corrected chi connectivity index (χ4v) is 4.21. The molecule has 1 aromatic rings. The minimum atomic E-state index is -0.262. The number of rotatable bonds is 3. The third-order valence-corrected chi connectivity index (χ3v) is 5.81. The third kappa shape index (κ3) is 4.11. The van der Waals surface area contributed by atoms with Gasteiger partial charge in [-0.25, -0.2) is 9.97 Å². The summed E-state index contributed by atoms with van der Waals surface area (Å²) in [5.41, 5.74) is 0.474. The number of carbonyl (C=O) groups is 2. The lowest BCUT2D eigenvalue weighted by atomic mass is 10.1. The van der Waals surface area contributed by atoms with Crippen molar-refractivity contribution in [3.8, 4) is 0 Å². The minimum absolute atomic E-state index is 0.00125. The van der Waals surface area contributed by atoms with E-state index in [0.717, 1.165) is 44.6 Å². The quantitative estimate of drug-likeness (QED) is 0.776. The zero-order chi connectivity index (χ0) is 19.5. The van der Waals surface area contributed by atoms with E-state index in [-0.39, 0.29) is 17.9 Å². The summed E-state index contributed by atoms with van der Waals surface area (Å²) < 4.78 is 5.53. The number of piperidine rings is 1. The van der Waals surface area contributed by atoms with Gasteiger partial charge < -0.3 is 19.4 Å². The van der Waals surface area contributed by atoms with Gasteiger partial charge in [-0.1, -0.05) is 0 Å². The molecular weight excluding hydrogens is 358 g/mol. The summed E-state index contributed by atoms with van der Waals surface area (Å²) in [6.45, 7) is 6.83. The molecule has 0 spiro atoms. The maximum Gasteiger partial charge on any atom is 0.272 e. The van der Waals surface area contributed by atoms with E-state index >= 15 is 0 Å². The molecule has 8 nitrogen and oxygen atoms in total. The van der Waals surface area contributed by atoms with Gasteiger partial charge in [0.1, 0.15) is 23.4 Å². The molecule has 3 aliphatic heterocycles. The van der Waals surface area contributed by atoms with Gasteiger partial charge in [-0.15, -0.1) is 0 Å². The number of ether oxygens (including phenoxy) is 1. The van der Waals surface area contributed by atoms with E-state index < -0.39 is 0 Å². The Kier molecular flexibility index (Phi) is 5.75. The van der Waals surface area contributed by atoms with Crippen molar-refractivity contribution in [1.82, 2.24) is 19.8 Å². The predicted molar refractivity (Wildman–Crippen MR) is 104 cm³/mol. The zero-order valence-corrected chi connectivity index (χ0v) is 16.6. The van der Waals surface area contributed by atoms with Gasteiger partial charge in [-0.2, -0.15) is 0 Å². The van der Waals surface area contributed by atoms with Gasteiger partial charge in [0, 0.05) is 51.9 Å². The fraction of sp³-hybridized carbons (Fsp3) is 0.700. The maximum atomic E-state index is 12.8. The highest BCUT2D eigenvalue weighted by Crippen LogP contribution is 2.20. The van der Waals surface area contributed by atoms with E-state index in [1.807, 2.05) is 22.8 Å². The van der Waals surface area contributed by atoms with Crippen LogP contribution in [0.3, 0.4) is 0 Å². The summed E-state index contributed by atoms with van der Waals surface area (Å²) in [5.74, 6) is 1.49. The first-order valence-corrected chi connectivity index (χ1v) is 10.4. The summed E-state index contributed by atoms with van der Waals surface area (Å²) >= 11 is 0. The molecule has 0 N–H and O–H groups in total. The Morgan fingerprint density at radius 3 is 2.39 bits per heavy atom. The lowest BCUT2D eigenvalue weighted by molar-refractivity contribution is -0.141. The first-order valence-electron chi connectivity index (χ1n) is 10.4. The van der Waals surface area contributed by atoms with E-state index in [0.29, 0.717) is 44.3 Å². The molecule has 4 rings (SSSR count). The van der Waals surface area contributed by atoms with Gasteiger partial charge in [-0.3, -0.25) is 9.59 Å². The molecule has 3 aliphatic rings. The molecule has 3 fully saturated rings. The first kappa shape index (κ1) is 19.1. The highest BCUT2D eigenvalue weighted by molar-refractivity contribution is 5.93. The topological polar surface area (TPSA) is 78.9 Å². The molecule has 28 heavy (non-hydrogen) atoms. The average molecular weight is 387 g/mol. The highest BCUT2D eigenvalue weighted by Gasteiger charge is 2.31. The molecule has 1 atom stereocenters. The summed E-state index contributed by atoms with van der Waals surface area (Å²) in [6.07, 6.45) is 4.83. The molecule has 0 radical (unpaired) electrons. The van der Waals surface area contributed by atoms with Crippen molar-refractivity contribution < 1.29 is 14.3 Å². The molecule has 0 saturated carbocycles. The monoisotopic (exact) mass is 387 g/mol. The average Bonchev–Trinajstić information content (AvgIpc) is 3.28. The van der Waals surface area contributed by atoms with Gasteiger partial charge in [0.2, 0.25) is 0 Å². The van der Waals surface area contributed by atoms with Gasteiger partial charge in [0.25, 0.3) is 11.8 Å². The van der Waals surface area contributed by atoms with Crippen molar-refractivity contribution in [2.24, 2.45) is 0 Å². The van der Waals surface area contributed by atoms with Crippen molar-refractivity contribution in [3.63, 3.8) is 0 Å². The molecule has 0 bridgehead atoms. The van der Waals surface area contributed by atoms with Gasteiger partial charge >= 0.3 is 0 Å². The van der Waals surface area contributed by atoms with Crippen LogP contribution >= 0.6 is 0 Å². The Morgan fingerprint density at radius 1 is 0.964 bits per heavy atom. The number of likely N-dealkylation sites (tertiary alicyclic amines) is 1. The second-order valence-electron chi connectivity index (χ2n) is 7.83. The number of carbonyl (C=O) groups excluding carboxylic acids is 2. The zero-order valence-electron chi connectivity index (χ0n) is 16.6. The SMILES string of the molecule is Cc1nc(C(=O)N2CCCCC2)cc(N2CCN(C(=O)[C@@H]3CCCO3)CC2)n1. The summed E-state index contributed by atoms with van der Waals surface area (Å²) in [7, 11) is 0. The largest absolute Gasteiger partial charge is 0.368 e. The van der Waals surface area contributed by atoms with Crippen LogP contribution < -0.4 is 4.90 Å². The maximum absolute atomic E-state index is 12.8. The molecule has 0 aliphatic carbocycles. The van der Waals surface area contributed by atoms with Crippen molar-refractivity contribution >= 4 is 17.6 Å². The van der Waals surface area contributed by atoms with Crippen LogP contribution in [0.2, 0.25) is 0 Å². The molecule has 4 heterocycles. The molecule has 152 valence electrons. The number of nitrogens with zero attached hydrogens (tertiary/aromatic N) is 5. The summed E-state index contributed by atoms with van der Waals surface area (Å²) in [4.78, 5) is 40.2. The molecule has 2 amide bonds. The lowest BCUT2D eigenvalue weighted by Crippen LogP contribution is -2.51. The number of hydrogen-bond donors (Lipinski definition) is 0. The molecule has 1 aromatic heterocycles. The smallest absolute Gasteiger partial charge is 0.272 e. The summed E-state index contributed by atoms with van der Waals surface area (Å²) in [6, 6.07) is 1.81. The number of piperazine rings is 1. The Balaban J connectivity index is 1.41. The van der Waals surface area contributed by atoms with E-state index in [4.69, 9.17) is 4.74 Å². The Labute approximate surface area is 165 Å². The molecule has 0 unspecified atom stereocenters. The lowest BCUT2D eigenvalue weighted by Gasteiger charge is -2.36. The van der Waals surface area contributed by atoms with Crippen molar-refractivity contribution in [1.29, 1.82) is 0 Å². The number of anilines is 1. The molecule has 0 aromatic carbocycles. The van der Waals surface area contributed by atoms with Crippen LogP contribution in [0.1, 0.15) is 48.4 Å². The third-order valence-electron chi connectivity index (χ3n) is 5.81. The number of aromatic nitrogens is 2. The second-order valence-corrected chi connectivity index (χ2v) is 7.83. The van der Waals surface area contributed by atoms with Crippen LogP contribution in [0.4, 0.5) is 5.82 Å². The first-order chi connectivity index (χ1) is 13.6. The highest BCUT2D eigenvalue weighted by atomic mass is 16.5. The number of hydrogen-bond acceptors (Lipinski definition) is 6. The van der Waals surface area contributed by atoms with Gasteiger partial charge in [0.05, 0.1) is 0 Å². The van der Waals surface area contributed by atoms with E-state index in [1.165, 1.54) is 6.42 Å². The van der Waals surface area contributed by atoms with Crippen LogP contribution in [0.5, 0.6) is 0 Å². The van der Waals surface area contributed by atoms with Crippen LogP contribution in [-0.2, 0) is 9.53 Å². The van der Waals surface area contributed by atoms with Gasteiger partial charge in [-0.05, 0) is 39.0 Å².